The number of amides is 1. The Morgan fingerprint density at radius 2 is 1.50 bits per heavy atom. The average Bonchev–Trinajstić information content (AvgIpc) is 3.12. The van der Waals surface area contributed by atoms with Crippen molar-refractivity contribution in [3.8, 4) is 0 Å². The fraction of sp³-hybridized carbons (Fsp3) is 0.458. The van der Waals surface area contributed by atoms with Gasteiger partial charge in [-0.15, -0.1) is 0 Å². The summed E-state index contributed by atoms with van der Waals surface area (Å²) in [7, 11) is 0. The predicted molar refractivity (Wildman–Crippen MR) is 114 cm³/mol. The van der Waals surface area contributed by atoms with Crippen molar-refractivity contribution in [1.82, 2.24) is 10.6 Å². The van der Waals surface area contributed by atoms with Crippen LogP contribution in [0.4, 0.5) is 4.79 Å². The molecule has 0 saturated carbocycles. The molecule has 1 amide bonds. The first kappa shape index (κ1) is 20.4. The predicted octanol–water partition coefficient (Wildman–Crippen LogP) is 4.72. The van der Waals surface area contributed by atoms with Crippen LogP contribution in [0.25, 0.3) is 0 Å². The second kappa shape index (κ2) is 9.74. The Hall–Kier alpha value is -2.33. The maximum Gasteiger partial charge on any atom is 0.404 e. The summed E-state index contributed by atoms with van der Waals surface area (Å²) in [6.45, 7) is 5.08. The molecule has 2 aromatic carbocycles. The lowest BCUT2D eigenvalue weighted by Crippen LogP contribution is -2.34. The Morgan fingerprint density at radius 3 is 1.93 bits per heavy atom. The van der Waals surface area contributed by atoms with Crippen molar-refractivity contribution in [2.75, 3.05) is 6.54 Å². The Bertz CT molecular complexity index is 706. The molecule has 1 fully saturated rings. The summed E-state index contributed by atoms with van der Waals surface area (Å²) >= 11 is 0. The molecule has 3 N–H and O–H groups in total. The van der Waals surface area contributed by atoms with Crippen molar-refractivity contribution < 1.29 is 9.90 Å². The second-order valence-electron chi connectivity index (χ2n) is 7.86. The summed E-state index contributed by atoms with van der Waals surface area (Å²) in [6, 6.07) is 18.1. The Kier molecular flexibility index (Phi) is 7.10. The molecule has 1 aliphatic rings. The van der Waals surface area contributed by atoms with Crippen molar-refractivity contribution in [2.24, 2.45) is 0 Å². The van der Waals surface area contributed by atoms with E-state index >= 15 is 0 Å². The first-order valence-electron chi connectivity index (χ1n) is 10.5. The summed E-state index contributed by atoms with van der Waals surface area (Å²) in [5, 5.41) is 15.3. The van der Waals surface area contributed by atoms with Crippen molar-refractivity contribution in [2.45, 2.75) is 64.0 Å². The van der Waals surface area contributed by atoms with E-state index in [1.165, 1.54) is 22.3 Å². The zero-order valence-electron chi connectivity index (χ0n) is 16.9. The first-order chi connectivity index (χ1) is 13.6. The number of hydrogen-bond donors (Lipinski definition) is 3. The highest BCUT2D eigenvalue weighted by Crippen LogP contribution is 2.33. The molecule has 0 spiro atoms. The molecule has 150 valence electrons. The third-order valence-corrected chi connectivity index (χ3v) is 5.65. The number of nitrogens with one attached hydrogen (secondary N) is 2. The second-order valence-corrected chi connectivity index (χ2v) is 7.86. The van der Waals surface area contributed by atoms with Crippen LogP contribution in [0.15, 0.2) is 48.5 Å². The summed E-state index contributed by atoms with van der Waals surface area (Å²) in [4.78, 5) is 11.0. The lowest BCUT2D eigenvalue weighted by molar-refractivity contribution is 0.190. The third kappa shape index (κ3) is 5.14. The van der Waals surface area contributed by atoms with Crippen LogP contribution < -0.4 is 10.6 Å². The molecule has 1 saturated heterocycles. The van der Waals surface area contributed by atoms with Crippen molar-refractivity contribution in [1.29, 1.82) is 0 Å². The van der Waals surface area contributed by atoms with Gasteiger partial charge in [0, 0.05) is 24.5 Å². The topological polar surface area (TPSA) is 61.4 Å². The van der Waals surface area contributed by atoms with Gasteiger partial charge in [0.25, 0.3) is 0 Å². The van der Waals surface area contributed by atoms with Crippen LogP contribution in [0, 0.1) is 0 Å². The van der Waals surface area contributed by atoms with Crippen LogP contribution in [0.5, 0.6) is 0 Å². The minimum atomic E-state index is -0.947. The van der Waals surface area contributed by atoms with Gasteiger partial charge in [-0.3, -0.25) is 0 Å². The zero-order chi connectivity index (χ0) is 19.9. The number of aryl methyl sites for hydroxylation is 2. The molecule has 28 heavy (non-hydrogen) atoms. The summed E-state index contributed by atoms with van der Waals surface area (Å²) in [5.41, 5.74) is 5.31. The molecule has 4 nitrogen and oxygen atoms in total. The molecular weight excluding hydrogens is 348 g/mol. The molecule has 0 bridgehead atoms. The molecule has 2 aromatic rings. The van der Waals surface area contributed by atoms with E-state index in [1.54, 1.807) is 0 Å². The van der Waals surface area contributed by atoms with Gasteiger partial charge in [-0.25, -0.2) is 4.79 Å². The average molecular weight is 381 g/mol. The molecule has 1 heterocycles. The first-order valence-corrected chi connectivity index (χ1v) is 10.5. The van der Waals surface area contributed by atoms with Crippen LogP contribution >= 0.6 is 0 Å². The Labute approximate surface area is 168 Å². The zero-order valence-corrected chi connectivity index (χ0v) is 16.9. The fourth-order valence-corrected chi connectivity index (χ4v) is 4.32. The van der Waals surface area contributed by atoms with Gasteiger partial charge in [0.15, 0.2) is 0 Å². The maximum absolute atomic E-state index is 11.0. The summed E-state index contributed by atoms with van der Waals surface area (Å²) < 4.78 is 0. The van der Waals surface area contributed by atoms with Gasteiger partial charge in [-0.05, 0) is 41.5 Å². The lowest BCUT2D eigenvalue weighted by Gasteiger charge is -2.25. The van der Waals surface area contributed by atoms with E-state index in [1.807, 2.05) is 0 Å². The molecule has 2 atom stereocenters. The van der Waals surface area contributed by atoms with E-state index < -0.39 is 6.09 Å². The molecule has 1 unspecified atom stereocenters. The fourth-order valence-electron chi connectivity index (χ4n) is 4.32. The largest absolute Gasteiger partial charge is 0.465 e. The monoisotopic (exact) mass is 380 g/mol. The number of benzene rings is 2. The quantitative estimate of drug-likeness (QED) is 0.621. The third-order valence-electron chi connectivity index (χ3n) is 5.65. The van der Waals surface area contributed by atoms with E-state index in [-0.39, 0.29) is 18.0 Å². The lowest BCUT2D eigenvalue weighted by atomic mass is 9.83. The molecular formula is C24H32N2O2. The minimum Gasteiger partial charge on any atom is -0.465 e. The molecule has 3 rings (SSSR count). The highest BCUT2D eigenvalue weighted by molar-refractivity contribution is 5.65. The molecule has 0 radical (unpaired) electrons. The van der Waals surface area contributed by atoms with Gasteiger partial charge in [-0.2, -0.15) is 0 Å². The maximum atomic E-state index is 11.0. The number of carbonyl (C=O) groups is 1. The highest BCUT2D eigenvalue weighted by atomic mass is 16.4. The van der Waals surface area contributed by atoms with Crippen molar-refractivity contribution >= 4 is 6.09 Å². The van der Waals surface area contributed by atoms with Gasteiger partial charge in [0.1, 0.15) is 0 Å². The highest BCUT2D eigenvalue weighted by Gasteiger charge is 2.33. The number of rotatable bonds is 8. The Morgan fingerprint density at radius 1 is 1.00 bits per heavy atom. The smallest absolute Gasteiger partial charge is 0.404 e. The van der Waals surface area contributed by atoms with Crippen LogP contribution in [0.1, 0.15) is 61.3 Å². The molecule has 1 aliphatic heterocycles. The summed E-state index contributed by atoms with van der Waals surface area (Å²) in [6.07, 6.45) is 4.34. The van der Waals surface area contributed by atoms with Crippen LogP contribution in [-0.2, 0) is 12.8 Å². The van der Waals surface area contributed by atoms with Gasteiger partial charge >= 0.3 is 6.09 Å². The molecule has 0 aliphatic carbocycles. The molecule has 0 aromatic heterocycles. The standard InChI is InChI=1S/C24H32N2O2/c1-3-5-17-7-11-19(12-8-17)23(20-13-9-18(6-4-2)10-14-20)22-15-21(16-25-22)26-24(27)28/h7-14,21-23,25-26H,3-6,15-16H2,1-2H3,(H,27,28)/t21-,22?/m1/s1. The van der Waals surface area contributed by atoms with E-state index in [2.05, 4.69) is 73.0 Å². The SMILES string of the molecule is CCCc1ccc(C(c2ccc(CCC)cc2)C2C[C@@H](NC(=O)O)CN2)cc1. The van der Waals surface area contributed by atoms with Gasteiger partial charge in [0.2, 0.25) is 0 Å². The number of hydrogen-bond acceptors (Lipinski definition) is 2. The van der Waals surface area contributed by atoms with Crippen molar-refractivity contribution in [3.05, 3.63) is 70.8 Å². The minimum absolute atomic E-state index is 0.0382. The van der Waals surface area contributed by atoms with Gasteiger partial charge < -0.3 is 15.7 Å². The van der Waals surface area contributed by atoms with Crippen molar-refractivity contribution in [3.63, 3.8) is 0 Å². The Balaban J connectivity index is 1.86. The summed E-state index contributed by atoms with van der Waals surface area (Å²) in [5.74, 6) is 0.215. The van der Waals surface area contributed by atoms with Crippen LogP contribution in [-0.4, -0.2) is 29.8 Å². The molecule has 4 heteroatoms. The van der Waals surface area contributed by atoms with Crippen LogP contribution in [0.2, 0.25) is 0 Å². The van der Waals surface area contributed by atoms with Gasteiger partial charge in [-0.1, -0.05) is 75.2 Å². The number of carboxylic acid groups (broad SMARTS) is 1. The van der Waals surface area contributed by atoms with E-state index in [0.29, 0.717) is 6.54 Å². The van der Waals surface area contributed by atoms with E-state index in [4.69, 9.17) is 5.11 Å². The van der Waals surface area contributed by atoms with E-state index in [0.717, 1.165) is 32.1 Å². The van der Waals surface area contributed by atoms with Crippen LogP contribution in [0.3, 0.4) is 0 Å². The normalized spacial score (nSPS) is 19.1. The van der Waals surface area contributed by atoms with Gasteiger partial charge in [0.05, 0.1) is 0 Å². The van der Waals surface area contributed by atoms with E-state index in [9.17, 15) is 4.79 Å².